The minimum absolute atomic E-state index is 0.0685. The van der Waals surface area contributed by atoms with Crippen molar-refractivity contribution in [1.29, 1.82) is 5.26 Å². The minimum Gasteiger partial charge on any atom is -0.523 e. The summed E-state index contributed by atoms with van der Waals surface area (Å²) in [5.41, 5.74) is -0.733. The molecule has 0 heterocycles. The Morgan fingerprint density at radius 1 is 1.03 bits per heavy atom. The van der Waals surface area contributed by atoms with E-state index < -0.39 is 11.5 Å². The van der Waals surface area contributed by atoms with E-state index in [1.54, 1.807) is 0 Å². The highest BCUT2D eigenvalue weighted by atomic mass is 16.3. The summed E-state index contributed by atoms with van der Waals surface area (Å²) in [6.45, 7) is 23.7. The maximum Gasteiger partial charge on any atom is 0.203 e. The fourth-order valence-electron chi connectivity index (χ4n) is 11.5. The van der Waals surface area contributed by atoms with Crippen LogP contribution in [0.2, 0.25) is 0 Å². The van der Waals surface area contributed by atoms with Gasteiger partial charge in [-0.1, -0.05) is 48.5 Å². The van der Waals surface area contributed by atoms with Crippen molar-refractivity contribution in [2.75, 3.05) is 0 Å². The molecule has 5 nitrogen and oxygen atoms in total. The van der Waals surface area contributed by atoms with E-state index in [2.05, 4.69) is 59.4 Å². The lowest BCUT2D eigenvalue weighted by Crippen LogP contribution is -2.69. The Kier molecular flexibility index (Phi) is 6.07. The lowest BCUT2D eigenvalue weighted by atomic mass is 9.31. The number of Topliss-reactive ketones (excluding diaryl/α,β-unsaturated/α-hetero) is 1. The van der Waals surface area contributed by atoms with E-state index in [1.165, 1.54) is 0 Å². The first-order chi connectivity index (χ1) is 17.5. The van der Waals surface area contributed by atoms with Crippen molar-refractivity contribution in [1.82, 2.24) is 0 Å². The fourth-order valence-corrected chi connectivity index (χ4v) is 11.5. The van der Waals surface area contributed by atoms with Crippen molar-refractivity contribution in [3.05, 3.63) is 22.9 Å². The molecule has 1 unspecified atom stereocenters. The molecule has 5 aliphatic carbocycles. The Morgan fingerprint density at radius 2 is 1.68 bits per heavy atom. The zero-order valence-electron chi connectivity index (χ0n) is 24.7. The van der Waals surface area contributed by atoms with Gasteiger partial charge < -0.3 is 10.2 Å². The van der Waals surface area contributed by atoms with E-state index in [-0.39, 0.29) is 62.9 Å². The molecule has 9 atom stereocenters. The van der Waals surface area contributed by atoms with E-state index in [1.807, 2.05) is 0 Å². The van der Waals surface area contributed by atoms with Gasteiger partial charge >= 0.3 is 0 Å². The summed E-state index contributed by atoms with van der Waals surface area (Å²) in [5, 5.41) is 32.0. The molecule has 4 saturated carbocycles. The number of nitrogens with zero attached hydrogens (tertiary/aromatic N) is 2. The Labute approximate surface area is 229 Å². The number of aliphatic hydroxyl groups is 2. The summed E-state index contributed by atoms with van der Waals surface area (Å²) in [7, 11) is 0. The van der Waals surface area contributed by atoms with Gasteiger partial charge in [-0.05, 0) is 90.8 Å². The first kappa shape index (κ1) is 27.7. The van der Waals surface area contributed by atoms with E-state index >= 15 is 0 Å². The number of rotatable bonds is 2. The van der Waals surface area contributed by atoms with Crippen LogP contribution in [0.25, 0.3) is 4.85 Å². The van der Waals surface area contributed by atoms with Gasteiger partial charge in [0, 0.05) is 23.2 Å². The normalized spacial score (nSPS) is 47.9. The maximum absolute atomic E-state index is 14.5. The van der Waals surface area contributed by atoms with Crippen LogP contribution in [0.15, 0.2) is 11.5 Å². The molecule has 0 aromatic rings. The molecule has 2 N–H and O–H groups in total. The second kappa shape index (κ2) is 8.33. The molecule has 0 aliphatic heterocycles. The molecule has 0 aromatic heterocycles. The zero-order chi connectivity index (χ0) is 28.1. The van der Waals surface area contributed by atoms with Crippen molar-refractivity contribution in [2.45, 2.75) is 119 Å². The first-order valence-electron chi connectivity index (χ1n) is 14.9. The predicted octanol–water partition coefficient (Wildman–Crippen LogP) is 7.62. The summed E-state index contributed by atoms with van der Waals surface area (Å²) in [5.74, 6) is 0.957. The van der Waals surface area contributed by atoms with Gasteiger partial charge in [0.25, 0.3) is 0 Å². The number of nitriles is 1. The molecule has 0 spiro atoms. The van der Waals surface area contributed by atoms with Gasteiger partial charge in [0.2, 0.25) is 5.70 Å². The summed E-state index contributed by atoms with van der Waals surface area (Å²) in [6.07, 6.45) is 7.14. The molecule has 5 heteroatoms. The van der Waals surface area contributed by atoms with Gasteiger partial charge in [-0.15, -0.1) is 0 Å². The summed E-state index contributed by atoms with van der Waals surface area (Å²) < 4.78 is 0. The SMILES string of the molecule is [C-]#[N+]C1=C(O)C(C)(C)[C@@H]2CC[C@]3(C)[C@H](CC(=O)[C@@H]4[C@@H]5CC(C)(C)CC[C@]5(C(O)CC#N)CC[C@]43C)[C@@]2(C)C1. The third-order valence-electron chi connectivity index (χ3n) is 13.7. The largest absolute Gasteiger partial charge is 0.523 e. The van der Waals surface area contributed by atoms with Crippen LogP contribution in [0.5, 0.6) is 0 Å². The van der Waals surface area contributed by atoms with Gasteiger partial charge in [-0.25, -0.2) is 4.85 Å². The number of aliphatic hydroxyl groups excluding tert-OH is 2. The third-order valence-corrected chi connectivity index (χ3v) is 13.7. The van der Waals surface area contributed by atoms with Gasteiger partial charge in [0.15, 0.2) is 0 Å². The Bertz CT molecular complexity index is 1160. The smallest absolute Gasteiger partial charge is 0.203 e. The van der Waals surface area contributed by atoms with E-state index in [0.29, 0.717) is 24.3 Å². The Balaban J connectivity index is 1.62. The molecule has 0 amide bonds. The Hall–Kier alpha value is -1.85. The zero-order valence-corrected chi connectivity index (χ0v) is 24.7. The molecular formula is C33H48N2O3. The maximum atomic E-state index is 14.5. The minimum atomic E-state index is -0.682. The van der Waals surface area contributed by atoms with Crippen molar-refractivity contribution in [3.63, 3.8) is 0 Å². The third kappa shape index (κ3) is 3.33. The molecule has 0 radical (unpaired) electrons. The summed E-state index contributed by atoms with van der Waals surface area (Å²) in [4.78, 5) is 18.3. The number of fused-ring (bicyclic) bond motifs is 7. The van der Waals surface area contributed by atoms with E-state index in [4.69, 9.17) is 6.57 Å². The van der Waals surface area contributed by atoms with Crippen LogP contribution in [0.1, 0.15) is 113 Å². The van der Waals surface area contributed by atoms with Crippen LogP contribution < -0.4 is 0 Å². The monoisotopic (exact) mass is 520 g/mol. The average molecular weight is 521 g/mol. The molecular weight excluding hydrogens is 472 g/mol. The number of allylic oxidation sites excluding steroid dienone is 2. The van der Waals surface area contributed by atoms with Crippen LogP contribution in [-0.4, -0.2) is 22.1 Å². The predicted molar refractivity (Wildman–Crippen MR) is 147 cm³/mol. The number of hydrogen-bond acceptors (Lipinski definition) is 4. The van der Waals surface area contributed by atoms with E-state index in [0.717, 1.165) is 44.9 Å². The molecule has 0 saturated heterocycles. The van der Waals surface area contributed by atoms with Crippen LogP contribution in [0.4, 0.5) is 0 Å². The molecule has 0 bridgehead atoms. The second-order valence-corrected chi connectivity index (χ2v) is 16.0. The van der Waals surface area contributed by atoms with Crippen molar-refractivity contribution < 1.29 is 15.0 Å². The molecule has 208 valence electrons. The molecule has 5 rings (SSSR count). The average Bonchev–Trinajstić information content (AvgIpc) is 2.82. The summed E-state index contributed by atoms with van der Waals surface area (Å²) in [6, 6.07) is 2.23. The second-order valence-electron chi connectivity index (χ2n) is 16.0. The van der Waals surface area contributed by atoms with Gasteiger partial charge in [-0.3, -0.25) is 4.79 Å². The molecule has 5 aliphatic rings. The van der Waals surface area contributed by atoms with Gasteiger partial charge in [-0.2, -0.15) is 5.26 Å². The highest BCUT2D eigenvalue weighted by Crippen LogP contribution is 2.77. The lowest BCUT2D eigenvalue weighted by molar-refractivity contribution is -0.241. The van der Waals surface area contributed by atoms with Crippen molar-refractivity contribution in [3.8, 4) is 6.07 Å². The number of ketones is 1. The van der Waals surface area contributed by atoms with Crippen molar-refractivity contribution in [2.24, 2.45) is 56.2 Å². The van der Waals surface area contributed by atoms with Gasteiger partial charge in [0.1, 0.15) is 11.5 Å². The number of carbonyl (C=O) groups excluding carboxylic acids is 1. The topological polar surface area (TPSA) is 85.7 Å². The summed E-state index contributed by atoms with van der Waals surface area (Å²) >= 11 is 0. The highest BCUT2D eigenvalue weighted by Gasteiger charge is 2.72. The standard InChI is InChI=1S/C33H48N2O3/c1-28(2)12-14-33(25(37)10-16-34)15-13-32(7)26(20(33)18-28)22(36)17-24-30(5)19-21(35-8)27(38)29(3,4)23(30)9-11-31(24,32)6/h20,23-26,37-38H,9-15,17-19H2,1-7H3/t20-,23-,24+,25?,26-,30-,31+,32+,33-/m0/s1. The first-order valence-corrected chi connectivity index (χ1v) is 14.9. The van der Waals surface area contributed by atoms with Crippen LogP contribution in [-0.2, 0) is 4.79 Å². The Morgan fingerprint density at radius 3 is 2.32 bits per heavy atom. The van der Waals surface area contributed by atoms with Crippen LogP contribution in [0, 0.1) is 74.1 Å². The fraction of sp³-hybridized carbons (Fsp3) is 0.848. The highest BCUT2D eigenvalue weighted by molar-refractivity contribution is 5.84. The van der Waals surface area contributed by atoms with Gasteiger partial charge in [0.05, 0.1) is 25.2 Å². The van der Waals surface area contributed by atoms with E-state index in [9.17, 15) is 20.3 Å². The van der Waals surface area contributed by atoms with Crippen molar-refractivity contribution >= 4 is 5.78 Å². The van der Waals surface area contributed by atoms with Crippen LogP contribution >= 0.6 is 0 Å². The molecule has 4 fully saturated rings. The quantitative estimate of drug-likeness (QED) is 0.367. The number of carbonyl (C=O) groups is 1. The lowest BCUT2D eigenvalue weighted by Gasteiger charge is -2.73. The number of hydrogen-bond donors (Lipinski definition) is 2. The molecule has 0 aromatic carbocycles. The molecule has 38 heavy (non-hydrogen) atoms. The van der Waals surface area contributed by atoms with Crippen LogP contribution in [0.3, 0.4) is 0 Å².